The summed E-state index contributed by atoms with van der Waals surface area (Å²) in [5.41, 5.74) is 0. The van der Waals surface area contributed by atoms with Crippen LogP contribution in [0.2, 0.25) is 0 Å². The van der Waals surface area contributed by atoms with Gasteiger partial charge < -0.3 is 10.1 Å². The third-order valence-electron chi connectivity index (χ3n) is 1.93. The molecule has 1 N–H and O–H groups in total. The molecule has 0 fully saturated rings. The average molecular weight is 219 g/mol. The van der Waals surface area contributed by atoms with E-state index in [9.17, 15) is 0 Å². The quantitative estimate of drug-likeness (QED) is 0.770. The molecule has 16 heavy (non-hydrogen) atoms. The van der Waals surface area contributed by atoms with Gasteiger partial charge in [-0.1, -0.05) is 12.8 Å². The highest BCUT2D eigenvalue weighted by Crippen LogP contribution is 2.13. The second-order valence-electron chi connectivity index (χ2n) is 3.68. The zero-order valence-electron chi connectivity index (χ0n) is 9.90. The number of nitrogens with zero attached hydrogens (tertiary/aromatic N) is 2. The Hall–Kier alpha value is -1.76. The largest absolute Gasteiger partial charge is 0.475 e. The van der Waals surface area contributed by atoms with E-state index < -0.39 is 0 Å². The number of terminal acetylenes is 1. The molecule has 0 amide bonds. The second-order valence-corrected chi connectivity index (χ2v) is 3.68. The van der Waals surface area contributed by atoms with Crippen molar-refractivity contribution in [2.24, 2.45) is 0 Å². The fraction of sp³-hybridized carbons (Fsp3) is 0.500. The number of anilines is 1. The van der Waals surface area contributed by atoms with Crippen molar-refractivity contribution in [1.29, 1.82) is 0 Å². The Morgan fingerprint density at radius 3 is 2.81 bits per heavy atom. The number of ether oxygens (including phenoxy) is 1. The minimum absolute atomic E-state index is 0.0122. The van der Waals surface area contributed by atoms with Gasteiger partial charge in [0.2, 0.25) is 5.88 Å². The summed E-state index contributed by atoms with van der Waals surface area (Å²) in [6.45, 7) is 5.92. The van der Waals surface area contributed by atoms with Gasteiger partial charge in [-0.2, -0.15) is 0 Å². The van der Waals surface area contributed by atoms with E-state index in [1.165, 1.54) is 6.33 Å². The minimum atomic E-state index is -0.0122. The fourth-order valence-corrected chi connectivity index (χ4v) is 1.16. The van der Waals surface area contributed by atoms with Crippen molar-refractivity contribution in [3.63, 3.8) is 0 Å². The van der Waals surface area contributed by atoms with Crippen LogP contribution in [0.1, 0.15) is 27.2 Å². The van der Waals surface area contributed by atoms with E-state index in [1.54, 1.807) is 6.07 Å². The molecule has 1 heterocycles. The van der Waals surface area contributed by atoms with Gasteiger partial charge in [0.1, 0.15) is 12.1 Å². The zero-order valence-corrected chi connectivity index (χ0v) is 9.90. The first kappa shape index (κ1) is 12.3. The maximum absolute atomic E-state index is 5.46. The van der Waals surface area contributed by atoms with Gasteiger partial charge in [0.05, 0.1) is 12.1 Å². The normalized spacial score (nSPS) is 11.9. The van der Waals surface area contributed by atoms with E-state index in [4.69, 9.17) is 11.2 Å². The summed E-state index contributed by atoms with van der Waals surface area (Å²) in [7, 11) is 0. The van der Waals surface area contributed by atoms with Crippen LogP contribution in [0, 0.1) is 12.3 Å². The van der Waals surface area contributed by atoms with Gasteiger partial charge in [0, 0.05) is 6.07 Å². The predicted octanol–water partition coefficient (Wildman–Crippen LogP) is 2.09. The van der Waals surface area contributed by atoms with Crippen molar-refractivity contribution in [3.8, 4) is 18.2 Å². The molecule has 1 aromatic heterocycles. The van der Waals surface area contributed by atoms with E-state index in [0.29, 0.717) is 11.7 Å². The summed E-state index contributed by atoms with van der Waals surface area (Å²) in [5.74, 6) is 3.89. The Bertz CT molecular complexity index is 371. The third kappa shape index (κ3) is 3.77. The van der Waals surface area contributed by atoms with Gasteiger partial charge >= 0.3 is 0 Å². The number of hydrogen-bond acceptors (Lipinski definition) is 4. The molecule has 1 rings (SSSR count). The van der Waals surface area contributed by atoms with Crippen LogP contribution < -0.4 is 10.1 Å². The van der Waals surface area contributed by atoms with Crippen LogP contribution in [0.3, 0.4) is 0 Å². The lowest BCUT2D eigenvalue weighted by Gasteiger charge is -2.13. The smallest absolute Gasteiger partial charge is 0.218 e. The maximum Gasteiger partial charge on any atom is 0.218 e. The summed E-state index contributed by atoms with van der Waals surface area (Å²) in [6.07, 6.45) is 7.77. The number of hydrogen-bond donors (Lipinski definition) is 1. The molecule has 0 spiro atoms. The molecule has 0 saturated carbocycles. The van der Waals surface area contributed by atoms with Crippen LogP contribution in [0.15, 0.2) is 12.4 Å². The lowest BCUT2D eigenvalue weighted by Crippen LogP contribution is -2.17. The Morgan fingerprint density at radius 1 is 1.50 bits per heavy atom. The van der Waals surface area contributed by atoms with Crippen molar-refractivity contribution < 1.29 is 4.74 Å². The lowest BCUT2D eigenvalue weighted by molar-refractivity contribution is 0.232. The van der Waals surface area contributed by atoms with Crippen LogP contribution in [-0.4, -0.2) is 22.1 Å². The molecular weight excluding hydrogens is 202 g/mol. The van der Waals surface area contributed by atoms with Crippen molar-refractivity contribution >= 4 is 5.82 Å². The van der Waals surface area contributed by atoms with E-state index in [1.807, 2.05) is 20.8 Å². The first-order valence-electron chi connectivity index (χ1n) is 5.37. The summed E-state index contributed by atoms with van der Waals surface area (Å²) in [5, 5.41) is 3.12. The van der Waals surface area contributed by atoms with Gasteiger partial charge in [-0.05, 0) is 20.3 Å². The van der Waals surface area contributed by atoms with Gasteiger partial charge in [-0.25, -0.2) is 9.97 Å². The van der Waals surface area contributed by atoms with E-state index in [-0.39, 0.29) is 12.1 Å². The highest BCUT2D eigenvalue weighted by molar-refractivity contribution is 5.40. The standard InChI is InChI=1S/C12H17N3O/c1-5-10(6-2)15-11-7-12(14-8-13-11)16-9(3)4/h1,7-10H,6H2,2-4H3,(H,13,14,15). The third-order valence-corrected chi connectivity index (χ3v) is 1.93. The summed E-state index contributed by atoms with van der Waals surface area (Å²) < 4.78 is 5.46. The fourth-order valence-electron chi connectivity index (χ4n) is 1.16. The predicted molar refractivity (Wildman–Crippen MR) is 64.3 cm³/mol. The molecule has 1 unspecified atom stereocenters. The van der Waals surface area contributed by atoms with Gasteiger partial charge in [0.15, 0.2) is 0 Å². The molecule has 0 aliphatic rings. The lowest BCUT2D eigenvalue weighted by atomic mass is 10.2. The molecule has 4 heteroatoms. The molecule has 86 valence electrons. The van der Waals surface area contributed by atoms with E-state index in [2.05, 4.69) is 21.2 Å². The summed E-state index contributed by atoms with van der Waals surface area (Å²) in [4.78, 5) is 8.10. The SMILES string of the molecule is C#CC(CC)Nc1cc(OC(C)C)ncn1. The van der Waals surface area contributed by atoms with Crippen molar-refractivity contribution in [2.45, 2.75) is 39.3 Å². The highest BCUT2D eigenvalue weighted by Gasteiger charge is 2.05. The highest BCUT2D eigenvalue weighted by atomic mass is 16.5. The second kappa shape index (κ2) is 5.96. The topological polar surface area (TPSA) is 47.0 Å². The van der Waals surface area contributed by atoms with Crippen molar-refractivity contribution in [1.82, 2.24) is 9.97 Å². The minimum Gasteiger partial charge on any atom is -0.475 e. The van der Waals surface area contributed by atoms with Crippen molar-refractivity contribution in [3.05, 3.63) is 12.4 Å². The Kier molecular flexibility index (Phi) is 4.59. The molecule has 0 aromatic carbocycles. The maximum atomic E-state index is 5.46. The Balaban J connectivity index is 2.71. The number of nitrogens with one attached hydrogen (secondary N) is 1. The Morgan fingerprint density at radius 2 is 2.25 bits per heavy atom. The first-order chi connectivity index (χ1) is 7.65. The molecule has 4 nitrogen and oxygen atoms in total. The van der Waals surface area contributed by atoms with Crippen molar-refractivity contribution in [2.75, 3.05) is 5.32 Å². The molecule has 1 aromatic rings. The average Bonchev–Trinajstić information content (AvgIpc) is 2.25. The molecular formula is C12H17N3O. The molecule has 0 saturated heterocycles. The first-order valence-corrected chi connectivity index (χ1v) is 5.37. The Labute approximate surface area is 96.5 Å². The molecule has 0 bridgehead atoms. The summed E-state index contributed by atoms with van der Waals surface area (Å²) in [6, 6.07) is 1.74. The molecule has 0 aliphatic carbocycles. The van der Waals surface area contributed by atoms with Gasteiger partial charge in [0.25, 0.3) is 0 Å². The van der Waals surface area contributed by atoms with Gasteiger partial charge in [-0.3, -0.25) is 0 Å². The summed E-state index contributed by atoms with van der Waals surface area (Å²) >= 11 is 0. The molecule has 0 aliphatic heterocycles. The van der Waals surface area contributed by atoms with Crippen LogP contribution in [0.25, 0.3) is 0 Å². The van der Waals surface area contributed by atoms with Crippen LogP contribution in [0.5, 0.6) is 5.88 Å². The van der Waals surface area contributed by atoms with E-state index >= 15 is 0 Å². The number of aromatic nitrogens is 2. The molecule has 1 atom stereocenters. The van der Waals surface area contributed by atoms with Crippen LogP contribution in [-0.2, 0) is 0 Å². The number of rotatable bonds is 5. The molecule has 0 radical (unpaired) electrons. The zero-order chi connectivity index (χ0) is 12.0. The monoisotopic (exact) mass is 219 g/mol. The van der Waals surface area contributed by atoms with E-state index in [0.717, 1.165) is 6.42 Å². The van der Waals surface area contributed by atoms with Crippen LogP contribution >= 0.6 is 0 Å². The van der Waals surface area contributed by atoms with Crippen LogP contribution in [0.4, 0.5) is 5.82 Å². The van der Waals surface area contributed by atoms with Gasteiger partial charge in [-0.15, -0.1) is 6.42 Å².